The summed E-state index contributed by atoms with van der Waals surface area (Å²) in [5, 5.41) is 3.24. The molecule has 1 unspecified atom stereocenters. The highest BCUT2D eigenvalue weighted by Gasteiger charge is 2.20. The molecule has 2 aromatic rings. The molecule has 5 heteroatoms. The van der Waals surface area contributed by atoms with Gasteiger partial charge >= 0.3 is 0 Å². The molecule has 102 valence electrons. The highest BCUT2D eigenvalue weighted by molar-refractivity contribution is 7.13. The minimum absolute atomic E-state index is 0. The maximum atomic E-state index is 5.60. The van der Waals surface area contributed by atoms with Crippen molar-refractivity contribution < 1.29 is 4.74 Å². The molecule has 0 aliphatic carbocycles. The fourth-order valence-corrected chi connectivity index (χ4v) is 3.07. The zero-order valence-corrected chi connectivity index (χ0v) is 12.2. The van der Waals surface area contributed by atoms with Gasteiger partial charge in [0, 0.05) is 30.0 Å². The number of hydrogen-bond donors (Lipinski definition) is 1. The Morgan fingerprint density at radius 2 is 2.11 bits per heavy atom. The lowest BCUT2D eigenvalue weighted by Gasteiger charge is -2.02. The van der Waals surface area contributed by atoms with Crippen LogP contribution < -0.4 is 5.73 Å². The Morgan fingerprint density at radius 1 is 1.32 bits per heavy atom. The predicted molar refractivity (Wildman–Crippen MR) is 80.9 cm³/mol. The van der Waals surface area contributed by atoms with Crippen LogP contribution in [0.5, 0.6) is 0 Å². The third kappa shape index (κ3) is 3.15. The number of nitrogens with two attached hydrogens (primary N) is 1. The van der Waals surface area contributed by atoms with Crippen molar-refractivity contribution in [2.45, 2.75) is 18.9 Å². The van der Waals surface area contributed by atoms with Gasteiger partial charge in [-0.2, -0.15) is 0 Å². The Bertz CT molecular complexity index is 520. The molecule has 3 rings (SSSR count). The van der Waals surface area contributed by atoms with Crippen LogP contribution in [0.2, 0.25) is 0 Å². The van der Waals surface area contributed by atoms with Crippen molar-refractivity contribution in [2.24, 2.45) is 5.73 Å². The van der Waals surface area contributed by atoms with Crippen LogP contribution in [-0.4, -0.2) is 18.2 Å². The Labute approximate surface area is 123 Å². The molecule has 1 aromatic carbocycles. The number of rotatable bonds is 3. The quantitative estimate of drug-likeness (QED) is 0.946. The van der Waals surface area contributed by atoms with Gasteiger partial charge in [-0.1, -0.05) is 24.3 Å². The van der Waals surface area contributed by atoms with Gasteiger partial charge in [0.05, 0.1) is 12.3 Å². The summed E-state index contributed by atoms with van der Waals surface area (Å²) >= 11 is 1.71. The molecule has 1 saturated heterocycles. The van der Waals surface area contributed by atoms with E-state index in [9.17, 15) is 0 Å². The summed E-state index contributed by atoms with van der Waals surface area (Å²) in [5.74, 6) is 0.485. The maximum absolute atomic E-state index is 5.60. The first kappa shape index (κ1) is 14.5. The molecule has 2 N–H and O–H groups in total. The first-order valence-electron chi connectivity index (χ1n) is 6.19. The second-order valence-electron chi connectivity index (χ2n) is 4.54. The van der Waals surface area contributed by atoms with Crippen molar-refractivity contribution >= 4 is 23.7 Å². The number of ether oxygens (including phenoxy) is 1. The summed E-state index contributed by atoms with van der Waals surface area (Å²) < 4.78 is 5.41. The molecule has 0 amide bonds. The molecule has 0 spiro atoms. The van der Waals surface area contributed by atoms with Gasteiger partial charge in [-0.25, -0.2) is 4.98 Å². The Kier molecular flexibility index (Phi) is 4.93. The van der Waals surface area contributed by atoms with Crippen molar-refractivity contribution in [1.82, 2.24) is 4.98 Å². The number of halogens is 1. The summed E-state index contributed by atoms with van der Waals surface area (Å²) in [6.45, 7) is 2.26. The van der Waals surface area contributed by atoms with Crippen LogP contribution in [-0.2, 0) is 11.3 Å². The highest BCUT2D eigenvalue weighted by Crippen LogP contribution is 2.30. The second-order valence-corrected chi connectivity index (χ2v) is 5.40. The fourth-order valence-electron chi connectivity index (χ4n) is 2.16. The molecule has 3 nitrogen and oxygen atoms in total. The molecular weight excluding hydrogens is 280 g/mol. The van der Waals surface area contributed by atoms with Crippen molar-refractivity contribution in [2.75, 3.05) is 13.2 Å². The summed E-state index contributed by atoms with van der Waals surface area (Å²) in [6.07, 6.45) is 1.09. The lowest BCUT2D eigenvalue weighted by Crippen LogP contribution is -1.97. The summed E-state index contributed by atoms with van der Waals surface area (Å²) in [4.78, 5) is 4.73. The molecular formula is C14H17ClN2OS. The topological polar surface area (TPSA) is 48.1 Å². The van der Waals surface area contributed by atoms with Crippen LogP contribution in [0.4, 0.5) is 0 Å². The monoisotopic (exact) mass is 296 g/mol. The van der Waals surface area contributed by atoms with E-state index in [0.29, 0.717) is 12.5 Å². The largest absolute Gasteiger partial charge is 0.381 e. The summed E-state index contributed by atoms with van der Waals surface area (Å²) in [5.41, 5.74) is 9.10. The van der Waals surface area contributed by atoms with Gasteiger partial charge in [0.25, 0.3) is 0 Å². The maximum Gasteiger partial charge on any atom is 0.123 e. The molecule has 0 saturated carbocycles. The Balaban J connectivity index is 0.00000133. The smallest absolute Gasteiger partial charge is 0.123 e. The van der Waals surface area contributed by atoms with E-state index in [4.69, 9.17) is 15.5 Å². The zero-order valence-electron chi connectivity index (χ0n) is 10.5. The van der Waals surface area contributed by atoms with E-state index in [1.54, 1.807) is 11.3 Å². The SMILES string of the molecule is Cl.NCc1ccc(-c2nc(C3CCOC3)cs2)cc1. The van der Waals surface area contributed by atoms with Crippen LogP contribution >= 0.6 is 23.7 Å². The van der Waals surface area contributed by atoms with Crippen LogP contribution in [0.1, 0.15) is 23.6 Å². The third-order valence-corrected chi connectivity index (χ3v) is 4.22. The van der Waals surface area contributed by atoms with E-state index in [1.807, 2.05) is 0 Å². The molecule has 19 heavy (non-hydrogen) atoms. The first-order valence-corrected chi connectivity index (χ1v) is 7.07. The van der Waals surface area contributed by atoms with Crippen molar-refractivity contribution in [1.29, 1.82) is 0 Å². The summed E-state index contributed by atoms with van der Waals surface area (Å²) in [6, 6.07) is 8.32. The minimum atomic E-state index is 0. The Hall–Kier alpha value is -0.940. The van der Waals surface area contributed by atoms with E-state index in [0.717, 1.165) is 30.2 Å². The van der Waals surface area contributed by atoms with Crippen LogP contribution in [0.15, 0.2) is 29.6 Å². The van der Waals surface area contributed by atoms with Gasteiger partial charge in [0.15, 0.2) is 0 Å². The molecule has 1 fully saturated rings. The molecule has 0 bridgehead atoms. The fraction of sp³-hybridized carbons (Fsp3) is 0.357. The number of hydrogen-bond acceptors (Lipinski definition) is 4. The zero-order chi connectivity index (χ0) is 12.4. The van der Waals surface area contributed by atoms with E-state index in [2.05, 4.69) is 29.6 Å². The highest BCUT2D eigenvalue weighted by atomic mass is 35.5. The third-order valence-electron chi connectivity index (χ3n) is 3.31. The average molecular weight is 297 g/mol. The average Bonchev–Trinajstić information content (AvgIpc) is 3.09. The molecule has 0 radical (unpaired) electrons. The van der Waals surface area contributed by atoms with Crippen molar-refractivity contribution in [3.8, 4) is 10.6 Å². The number of nitrogens with zero attached hydrogens (tertiary/aromatic N) is 1. The lowest BCUT2D eigenvalue weighted by atomic mass is 10.1. The van der Waals surface area contributed by atoms with E-state index < -0.39 is 0 Å². The normalized spacial score (nSPS) is 18.3. The molecule has 1 atom stereocenters. The number of benzene rings is 1. The molecule has 1 aromatic heterocycles. The van der Waals surface area contributed by atoms with Crippen LogP contribution in [0.25, 0.3) is 10.6 Å². The van der Waals surface area contributed by atoms with Gasteiger partial charge in [0.2, 0.25) is 0 Å². The second kappa shape index (κ2) is 6.48. The lowest BCUT2D eigenvalue weighted by molar-refractivity contribution is 0.193. The van der Waals surface area contributed by atoms with Crippen molar-refractivity contribution in [3.05, 3.63) is 40.9 Å². The van der Waals surface area contributed by atoms with E-state index in [1.165, 1.54) is 11.3 Å². The van der Waals surface area contributed by atoms with Crippen molar-refractivity contribution in [3.63, 3.8) is 0 Å². The van der Waals surface area contributed by atoms with Gasteiger partial charge in [0.1, 0.15) is 5.01 Å². The minimum Gasteiger partial charge on any atom is -0.381 e. The van der Waals surface area contributed by atoms with Crippen LogP contribution in [0.3, 0.4) is 0 Å². The van der Waals surface area contributed by atoms with Gasteiger partial charge in [-0.05, 0) is 12.0 Å². The number of aromatic nitrogens is 1. The van der Waals surface area contributed by atoms with Gasteiger partial charge in [-0.15, -0.1) is 23.7 Å². The Morgan fingerprint density at radius 3 is 2.74 bits per heavy atom. The summed E-state index contributed by atoms with van der Waals surface area (Å²) in [7, 11) is 0. The standard InChI is InChI=1S/C14H16N2OS.ClH/c15-7-10-1-3-11(4-2-10)14-16-13(9-18-14)12-5-6-17-8-12;/h1-4,9,12H,5-8,15H2;1H. The van der Waals surface area contributed by atoms with Crippen LogP contribution in [0, 0.1) is 0 Å². The van der Waals surface area contributed by atoms with E-state index >= 15 is 0 Å². The van der Waals surface area contributed by atoms with Gasteiger partial charge in [-0.3, -0.25) is 0 Å². The molecule has 1 aliphatic rings. The van der Waals surface area contributed by atoms with E-state index in [-0.39, 0.29) is 12.4 Å². The number of thiazole rings is 1. The van der Waals surface area contributed by atoms with Gasteiger partial charge < -0.3 is 10.5 Å². The molecule has 2 heterocycles. The predicted octanol–water partition coefficient (Wildman–Crippen LogP) is 3.19. The first-order chi connectivity index (χ1) is 8.86. The molecule has 1 aliphatic heterocycles.